The second-order valence-electron chi connectivity index (χ2n) is 8.10. The number of methoxy groups -OCH3 is 1. The lowest BCUT2D eigenvalue weighted by molar-refractivity contribution is -0.123. The molecule has 3 aromatic carbocycles. The van der Waals surface area contributed by atoms with Crippen molar-refractivity contribution in [3.63, 3.8) is 0 Å². The van der Waals surface area contributed by atoms with E-state index in [1.807, 2.05) is 25.1 Å². The summed E-state index contributed by atoms with van der Waals surface area (Å²) in [7, 11) is 1.47. The van der Waals surface area contributed by atoms with Gasteiger partial charge in [-0.3, -0.25) is 19.3 Å². The van der Waals surface area contributed by atoms with Gasteiger partial charge in [0.25, 0.3) is 17.1 Å². The Balaban J connectivity index is 1.47. The van der Waals surface area contributed by atoms with Crippen LogP contribution in [0.4, 0.5) is 14.9 Å². The molecule has 0 spiro atoms. The van der Waals surface area contributed by atoms with Crippen LogP contribution in [0.15, 0.2) is 65.6 Å². The molecule has 10 heteroatoms. The molecular weight excluding hydrogens is 610 g/mol. The number of benzene rings is 3. The second-order valence-corrected chi connectivity index (χ2v) is 10.3. The number of amides is 3. The maximum Gasteiger partial charge on any atom is 0.293 e. The monoisotopic (exact) mass is 632 g/mol. The summed E-state index contributed by atoms with van der Waals surface area (Å²) in [4.78, 5) is 38.9. The minimum atomic E-state index is -0.500. The van der Waals surface area contributed by atoms with Crippen molar-refractivity contribution in [2.24, 2.45) is 0 Å². The van der Waals surface area contributed by atoms with Crippen LogP contribution < -0.4 is 14.8 Å². The molecule has 0 unspecified atom stereocenters. The van der Waals surface area contributed by atoms with Gasteiger partial charge in [0.2, 0.25) is 0 Å². The van der Waals surface area contributed by atoms with Gasteiger partial charge in [-0.2, -0.15) is 0 Å². The normalized spacial score (nSPS) is 14.3. The maximum absolute atomic E-state index is 14.0. The molecule has 4 rings (SSSR count). The van der Waals surface area contributed by atoms with Gasteiger partial charge in [-0.25, -0.2) is 4.39 Å². The van der Waals surface area contributed by atoms with E-state index in [4.69, 9.17) is 9.47 Å². The number of nitrogens with one attached hydrogen (secondary N) is 1. The lowest BCUT2D eigenvalue weighted by Gasteiger charge is -2.14. The number of rotatable bonds is 8. The molecular formula is C27H22FIN2O5S. The van der Waals surface area contributed by atoms with Crippen molar-refractivity contribution in [1.82, 2.24) is 4.90 Å². The van der Waals surface area contributed by atoms with Gasteiger partial charge >= 0.3 is 0 Å². The predicted octanol–water partition coefficient (Wildman–Crippen LogP) is 6.00. The van der Waals surface area contributed by atoms with Crippen molar-refractivity contribution < 1.29 is 28.2 Å². The van der Waals surface area contributed by atoms with E-state index >= 15 is 0 Å². The Morgan fingerprint density at radius 3 is 2.65 bits per heavy atom. The molecule has 3 amide bonds. The first-order valence-corrected chi connectivity index (χ1v) is 13.0. The number of carbonyl (C=O) groups excluding carboxylic acids is 3. The highest BCUT2D eigenvalue weighted by atomic mass is 127. The van der Waals surface area contributed by atoms with E-state index in [1.54, 1.807) is 36.4 Å². The first-order valence-electron chi connectivity index (χ1n) is 11.1. The van der Waals surface area contributed by atoms with Gasteiger partial charge in [0.1, 0.15) is 5.82 Å². The SMILES string of the molecule is COc1cc(/C=C2\SC(=O)N(Cc3ccccc3F)C2=O)cc(I)c1OCC(=O)Nc1cccc(C)c1. The van der Waals surface area contributed by atoms with E-state index in [9.17, 15) is 18.8 Å². The average molecular weight is 632 g/mol. The fraction of sp³-hybridized carbons (Fsp3) is 0.148. The molecule has 0 radical (unpaired) electrons. The van der Waals surface area contributed by atoms with Crippen LogP contribution in [0.25, 0.3) is 6.08 Å². The van der Waals surface area contributed by atoms with Crippen LogP contribution in [-0.4, -0.2) is 35.7 Å². The van der Waals surface area contributed by atoms with Gasteiger partial charge in [0, 0.05) is 11.3 Å². The van der Waals surface area contributed by atoms with E-state index in [-0.39, 0.29) is 29.5 Å². The molecule has 1 aliphatic heterocycles. The molecule has 1 fully saturated rings. The molecule has 37 heavy (non-hydrogen) atoms. The van der Waals surface area contributed by atoms with Crippen LogP contribution >= 0.6 is 34.4 Å². The standard InChI is InChI=1S/C27H22FIN2O5S/c1-16-6-5-8-19(10-16)30-24(32)15-36-25-21(29)11-17(12-22(25)35-2)13-23-26(33)31(27(34)37-23)14-18-7-3-4-9-20(18)28/h3-13H,14-15H2,1-2H3,(H,30,32)/b23-13-. The number of imide groups is 1. The maximum atomic E-state index is 14.0. The number of hydrogen-bond acceptors (Lipinski definition) is 6. The molecule has 1 heterocycles. The van der Waals surface area contributed by atoms with Crippen LogP contribution in [0.3, 0.4) is 0 Å². The molecule has 0 bridgehead atoms. The van der Waals surface area contributed by atoms with Crippen LogP contribution in [0.1, 0.15) is 16.7 Å². The molecule has 190 valence electrons. The topological polar surface area (TPSA) is 84.9 Å². The molecule has 3 aromatic rings. The number of thioether (sulfide) groups is 1. The minimum Gasteiger partial charge on any atom is -0.493 e. The summed E-state index contributed by atoms with van der Waals surface area (Å²) in [6.45, 7) is 1.56. The van der Waals surface area contributed by atoms with Gasteiger partial charge in [-0.1, -0.05) is 30.3 Å². The largest absolute Gasteiger partial charge is 0.493 e. The van der Waals surface area contributed by atoms with Crippen LogP contribution in [0, 0.1) is 16.3 Å². The third-order valence-electron chi connectivity index (χ3n) is 5.36. The van der Waals surface area contributed by atoms with Gasteiger partial charge in [0.05, 0.1) is 22.1 Å². The van der Waals surface area contributed by atoms with Crippen LogP contribution in [-0.2, 0) is 16.1 Å². The molecule has 0 atom stereocenters. The number of hydrogen-bond donors (Lipinski definition) is 1. The summed E-state index contributed by atoms with van der Waals surface area (Å²) in [5.74, 6) is -0.552. The third-order valence-corrected chi connectivity index (χ3v) is 7.07. The van der Waals surface area contributed by atoms with Crippen LogP contribution in [0.5, 0.6) is 11.5 Å². The Morgan fingerprint density at radius 1 is 1.14 bits per heavy atom. The Bertz CT molecular complexity index is 1410. The van der Waals surface area contributed by atoms with Gasteiger partial charge < -0.3 is 14.8 Å². The molecule has 0 saturated carbocycles. The highest BCUT2D eigenvalue weighted by Gasteiger charge is 2.35. The van der Waals surface area contributed by atoms with E-state index in [1.165, 1.54) is 19.2 Å². The quantitative estimate of drug-likeness (QED) is 0.242. The molecule has 1 aliphatic rings. The third kappa shape index (κ3) is 6.50. The van der Waals surface area contributed by atoms with Gasteiger partial charge in [-0.05, 0) is 88.8 Å². The first-order chi connectivity index (χ1) is 17.7. The number of anilines is 1. The van der Waals surface area contributed by atoms with Gasteiger partial charge in [0.15, 0.2) is 18.1 Å². The van der Waals surface area contributed by atoms with Crippen molar-refractivity contribution in [2.75, 3.05) is 19.0 Å². The fourth-order valence-electron chi connectivity index (χ4n) is 3.61. The summed E-state index contributed by atoms with van der Waals surface area (Å²) in [6, 6.07) is 16.9. The van der Waals surface area contributed by atoms with E-state index in [2.05, 4.69) is 27.9 Å². The van der Waals surface area contributed by atoms with Crippen molar-refractivity contribution >= 4 is 63.2 Å². The zero-order valence-electron chi connectivity index (χ0n) is 19.9. The molecule has 1 saturated heterocycles. The van der Waals surface area contributed by atoms with E-state index in [0.29, 0.717) is 26.3 Å². The van der Waals surface area contributed by atoms with E-state index in [0.717, 1.165) is 22.2 Å². The number of halogens is 2. The Labute approximate surface area is 231 Å². The first kappa shape index (κ1) is 26.7. The number of nitrogens with zero attached hydrogens (tertiary/aromatic N) is 1. The second kappa shape index (κ2) is 11.8. The predicted molar refractivity (Wildman–Crippen MR) is 149 cm³/mol. The average Bonchev–Trinajstić information content (AvgIpc) is 3.11. The van der Waals surface area contributed by atoms with Crippen LogP contribution in [0.2, 0.25) is 0 Å². The summed E-state index contributed by atoms with van der Waals surface area (Å²) in [6.07, 6.45) is 1.57. The number of carbonyl (C=O) groups is 3. The minimum absolute atomic E-state index is 0.146. The fourth-order valence-corrected chi connectivity index (χ4v) is 5.22. The lowest BCUT2D eigenvalue weighted by atomic mass is 10.1. The summed E-state index contributed by atoms with van der Waals surface area (Å²) >= 11 is 2.84. The molecule has 0 aliphatic carbocycles. The van der Waals surface area contributed by atoms with Gasteiger partial charge in [-0.15, -0.1) is 0 Å². The van der Waals surface area contributed by atoms with Crippen molar-refractivity contribution in [3.8, 4) is 11.5 Å². The zero-order chi connectivity index (χ0) is 26.5. The molecule has 1 N–H and O–H groups in total. The Hall–Kier alpha value is -3.38. The number of aryl methyl sites for hydroxylation is 1. The van der Waals surface area contributed by atoms with Crippen molar-refractivity contribution in [3.05, 3.63) is 91.6 Å². The highest BCUT2D eigenvalue weighted by Crippen LogP contribution is 2.37. The smallest absolute Gasteiger partial charge is 0.293 e. The lowest BCUT2D eigenvalue weighted by Crippen LogP contribution is -2.27. The summed E-state index contributed by atoms with van der Waals surface area (Å²) in [5.41, 5.74) is 2.56. The van der Waals surface area contributed by atoms with E-state index < -0.39 is 17.0 Å². The van der Waals surface area contributed by atoms with Crippen molar-refractivity contribution in [2.45, 2.75) is 13.5 Å². The Morgan fingerprint density at radius 2 is 1.92 bits per heavy atom. The zero-order valence-corrected chi connectivity index (χ0v) is 22.9. The molecule has 0 aromatic heterocycles. The Kier molecular flexibility index (Phi) is 8.49. The van der Waals surface area contributed by atoms with Crippen molar-refractivity contribution in [1.29, 1.82) is 0 Å². The summed E-state index contributed by atoms with van der Waals surface area (Å²) < 4.78 is 25.9. The summed E-state index contributed by atoms with van der Waals surface area (Å²) in [5, 5.41) is 2.31. The number of ether oxygens (including phenoxy) is 2. The highest BCUT2D eigenvalue weighted by molar-refractivity contribution is 14.1. The molecule has 7 nitrogen and oxygen atoms in total.